The van der Waals surface area contributed by atoms with Crippen molar-refractivity contribution in [3.8, 4) is 0 Å². The molecule has 104 valence electrons. The molecule has 0 spiro atoms. The number of aliphatic carboxylic acids is 1. The highest BCUT2D eigenvalue weighted by atomic mass is 79.9. The summed E-state index contributed by atoms with van der Waals surface area (Å²) in [4.78, 5) is 10.9. The molecule has 6 nitrogen and oxygen atoms in total. The molecule has 3 N–H and O–H groups in total. The molecule has 2 heterocycles. The maximum absolute atomic E-state index is 10.9. The Morgan fingerprint density at radius 1 is 1.63 bits per heavy atom. The van der Waals surface area contributed by atoms with Gasteiger partial charge in [0, 0.05) is 13.1 Å². The zero-order valence-electron chi connectivity index (χ0n) is 10.3. The first kappa shape index (κ1) is 14.1. The number of piperidine rings is 1. The number of halogens is 1. The van der Waals surface area contributed by atoms with Gasteiger partial charge in [-0.25, -0.2) is 0 Å². The molecule has 0 amide bonds. The summed E-state index contributed by atoms with van der Waals surface area (Å²) in [6, 6.07) is 3.60. The predicted octanol–water partition coefficient (Wildman–Crippen LogP) is 1.28. The zero-order chi connectivity index (χ0) is 13.7. The minimum Gasteiger partial charge on any atom is -0.481 e. The maximum Gasteiger partial charge on any atom is 0.307 e. The van der Waals surface area contributed by atoms with Gasteiger partial charge in [-0.1, -0.05) is 0 Å². The monoisotopic (exact) mass is 329 g/mol. The van der Waals surface area contributed by atoms with Crippen LogP contribution in [-0.2, 0) is 4.79 Å². The van der Waals surface area contributed by atoms with E-state index >= 15 is 0 Å². The number of carboxylic acids is 1. The molecule has 0 aromatic carbocycles. The smallest absolute Gasteiger partial charge is 0.307 e. The van der Waals surface area contributed by atoms with E-state index in [0.29, 0.717) is 29.9 Å². The number of rotatable bonds is 5. The van der Waals surface area contributed by atoms with E-state index < -0.39 is 5.97 Å². The number of hydrazone groups is 1. The van der Waals surface area contributed by atoms with E-state index in [4.69, 9.17) is 9.52 Å². The number of carbonyl (C=O) groups is 1. The lowest BCUT2D eigenvalue weighted by atomic mass is 9.91. The minimum absolute atomic E-state index is 0.273. The lowest BCUT2D eigenvalue weighted by Gasteiger charge is -2.27. The molecule has 1 aromatic rings. The topological polar surface area (TPSA) is 86.9 Å². The number of nitrogens with one attached hydrogen (secondary N) is 2. The lowest BCUT2D eigenvalue weighted by molar-refractivity contribution is -0.142. The van der Waals surface area contributed by atoms with E-state index in [1.54, 1.807) is 18.3 Å². The highest BCUT2D eigenvalue weighted by molar-refractivity contribution is 9.10. The van der Waals surface area contributed by atoms with Crippen LogP contribution in [0.1, 0.15) is 12.2 Å². The van der Waals surface area contributed by atoms with Gasteiger partial charge in [-0.15, -0.1) is 0 Å². The molecule has 1 fully saturated rings. The fourth-order valence-electron chi connectivity index (χ4n) is 2.06. The molecular weight excluding hydrogens is 314 g/mol. The summed E-state index contributed by atoms with van der Waals surface area (Å²) in [6.45, 7) is 2.02. The van der Waals surface area contributed by atoms with Crippen LogP contribution >= 0.6 is 15.9 Å². The molecule has 0 aliphatic carbocycles. The Balaban J connectivity index is 1.73. The summed E-state index contributed by atoms with van der Waals surface area (Å²) in [5.74, 6) is -0.105. The first-order valence-corrected chi connectivity index (χ1v) is 6.89. The van der Waals surface area contributed by atoms with E-state index in [1.807, 2.05) is 0 Å². The Labute approximate surface area is 119 Å². The van der Waals surface area contributed by atoms with Crippen LogP contribution in [0.2, 0.25) is 0 Å². The third-order valence-corrected chi connectivity index (χ3v) is 3.47. The van der Waals surface area contributed by atoms with E-state index in [0.717, 1.165) is 6.54 Å². The number of hydrogen-bond donors (Lipinski definition) is 3. The average molecular weight is 330 g/mol. The SMILES string of the molecule is O=C(O)[C@H]1CNC[C@@H](CN/N=C/c2ccc(Br)o2)C1. The molecule has 2 atom stereocenters. The van der Waals surface area contributed by atoms with E-state index in [2.05, 4.69) is 31.8 Å². The summed E-state index contributed by atoms with van der Waals surface area (Å²) in [5, 5.41) is 16.2. The summed E-state index contributed by atoms with van der Waals surface area (Å²) < 4.78 is 5.92. The summed E-state index contributed by atoms with van der Waals surface area (Å²) in [5.41, 5.74) is 2.93. The molecule has 1 saturated heterocycles. The van der Waals surface area contributed by atoms with Crippen LogP contribution in [0.5, 0.6) is 0 Å². The highest BCUT2D eigenvalue weighted by Gasteiger charge is 2.26. The molecule has 2 rings (SSSR count). The second-order valence-corrected chi connectivity index (χ2v) is 5.34. The van der Waals surface area contributed by atoms with E-state index in [9.17, 15) is 4.79 Å². The van der Waals surface area contributed by atoms with Gasteiger partial charge in [0.05, 0.1) is 12.1 Å². The second kappa shape index (κ2) is 6.72. The fourth-order valence-corrected chi connectivity index (χ4v) is 2.38. The fraction of sp³-hybridized carbons (Fsp3) is 0.500. The average Bonchev–Trinajstić information content (AvgIpc) is 2.81. The van der Waals surface area contributed by atoms with Gasteiger partial charge >= 0.3 is 5.97 Å². The lowest BCUT2D eigenvalue weighted by Crippen LogP contribution is -2.42. The van der Waals surface area contributed by atoms with Crippen molar-refractivity contribution in [2.45, 2.75) is 6.42 Å². The quantitative estimate of drug-likeness (QED) is 0.559. The van der Waals surface area contributed by atoms with Gasteiger partial charge in [0.1, 0.15) is 5.76 Å². The van der Waals surface area contributed by atoms with Crippen molar-refractivity contribution >= 4 is 28.1 Å². The van der Waals surface area contributed by atoms with Crippen molar-refractivity contribution in [2.24, 2.45) is 16.9 Å². The summed E-state index contributed by atoms with van der Waals surface area (Å²) >= 11 is 3.21. The van der Waals surface area contributed by atoms with Crippen molar-refractivity contribution in [3.05, 3.63) is 22.6 Å². The molecule has 7 heteroatoms. The normalized spacial score (nSPS) is 23.6. The van der Waals surface area contributed by atoms with Gasteiger partial charge in [0.15, 0.2) is 4.67 Å². The van der Waals surface area contributed by atoms with E-state index in [1.165, 1.54) is 0 Å². The Morgan fingerprint density at radius 2 is 2.47 bits per heavy atom. The molecule has 19 heavy (non-hydrogen) atoms. The van der Waals surface area contributed by atoms with Gasteiger partial charge in [-0.2, -0.15) is 5.10 Å². The number of hydrogen-bond acceptors (Lipinski definition) is 5. The summed E-state index contributed by atoms with van der Waals surface area (Å²) in [7, 11) is 0. The predicted molar refractivity (Wildman–Crippen MR) is 74.1 cm³/mol. The van der Waals surface area contributed by atoms with Crippen molar-refractivity contribution in [1.29, 1.82) is 0 Å². The number of carboxylic acid groups (broad SMARTS) is 1. The third kappa shape index (κ3) is 4.36. The molecule has 0 bridgehead atoms. The van der Waals surface area contributed by atoms with Crippen LogP contribution in [-0.4, -0.2) is 36.9 Å². The van der Waals surface area contributed by atoms with Crippen molar-refractivity contribution < 1.29 is 14.3 Å². The molecular formula is C12H16BrN3O3. The Morgan fingerprint density at radius 3 is 3.16 bits per heavy atom. The minimum atomic E-state index is -0.735. The van der Waals surface area contributed by atoms with E-state index in [-0.39, 0.29) is 11.8 Å². The maximum atomic E-state index is 10.9. The van der Waals surface area contributed by atoms with Crippen LogP contribution in [0.15, 0.2) is 26.3 Å². The van der Waals surface area contributed by atoms with Gasteiger partial charge in [-0.3, -0.25) is 4.79 Å². The van der Waals surface area contributed by atoms with Gasteiger partial charge in [0.2, 0.25) is 0 Å². The Kier molecular flexibility index (Phi) is 4.98. The summed E-state index contributed by atoms with van der Waals surface area (Å²) in [6.07, 6.45) is 2.27. The molecule has 0 unspecified atom stereocenters. The molecule has 0 radical (unpaired) electrons. The van der Waals surface area contributed by atoms with Crippen molar-refractivity contribution in [2.75, 3.05) is 19.6 Å². The molecule has 1 aromatic heterocycles. The second-order valence-electron chi connectivity index (χ2n) is 4.56. The van der Waals surface area contributed by atoms with Gasteiger partial charge in [-0.05, 0) is 46.9 Å². The van der Waals surface area contributed by atoms with Crippen LogP contribution < -0.4 is 10.7 Å². The van der Waals surface area contributed by atoms with Crippen LogP contribution in [0, 0.1) is 11.8 Å². The van der Waals surface area contributed by atoms with Crippen molar-refractivity contribution in [3.63, 3.8) is 0 Å². The van der Waals surface area contributed by atoms with Crippen LogP contribution in [0.4, 0.5) is 0 Å². The largest absolute Gasteiger partial charge is 0.481 e. The first-order chi connectivity index (χ1) is 9.15. The van der Waals surface area contributed by atoms with Gasteiger partial charge < -0.3 is 20.3 Å². The van der Waals surface area contributed by atoms with Gasteiger partial charge in [0.25, 0.3) is 0 Å². The Hall–Kier alpha value is -1.34. The number of nitrogens with zero attached hydrogens (tertiary/aromatic N) is 1. The molecule has 1 aliphatic rings. The Bertz CT molecular complexity index is 461. The van der Waals surface area contributed by atoms with Crippen LogP contribution in [0.25, 0.3) is 0 Å². The van der Waals surface area contributed by atoms with Crippen LogP contribution in [0.3, 0.4) is 0 Å². The number of furan rings is 1. The molecule has 0 saturated carbocycles. The molecule has 1 aliphatic heterocycles. The van der Waals surface area contributed by atoms with Crippen molar-refractivity contribution in [1.82, 2.24) is 10.7 Å². The highest BCUT2D eigenvalue weighted by Crippen LogP contribution is 2.16. The zero-order valence-corrected chi connectivity index (χ0v) is 11.9. The third-order valence-electron chi connectivity index (χ3n) is 3.05. The first-order valence-electron chi connectivity index (χ1n) is 6.10. The standard InChI is InChI=1S/C12H16BrN3O3/c13-11-2-1-10(19-11)7-16-15-5-8-3-9(12(17)18)6-14-4-8/h1-2,7-9,14-15H,3-6H2,(H,17,18)/b16-7+/t8-,9+/m0/s1.